The molecule has 0 amide bonds. The van der Waals surface area contributed by atoms with E-state index in [1.54, 1.807) is 42.5 Å². The summed E-state index contributed by atoms with van der Waals surface area (Å²) in [5.74, 6) is -1.80. The largest absolute Gasteiger partial charge is 0.478 e. The van der Waals surface area contributed by atoms with Gasteiger partial charge < -0.3 is 48.5 Å². The van der Waals surface area contributed by atoms with Gasteiger partial charge in [0.05, 0.1) is 38.8 Å². The molecule has 528 valence electrons. The third-order valence-electron chi connectivity index (χ3n) is 19.0. The van der Waals surface area contributed by atoms with E-state index in [0.29, 0.717) is 65.2 Å². The van der Waals surface area contributed by atoms with Crippen LogP contribution in [0.3, 0.4) is 0 Å². The van der Waals surface area contributed by atoms with Crippen LogP contribution in [-0.4, -0.2) is 85.2 Å². The van der Waals surface area contributed by atoms with Crippen LogP contribution in [0.1, 0.15) is 254 Å². The molecule has 16 heteroatoms. The number of aromatic nitrogens is 5. The molecule has 1 fully saturated rings. The van der Waals surface area contributed by atoms with Gasteiger partial charge in [-0.3, -0.25) is 0 Å². The molecule has 5 heterocycles. The van der Waals surface area contributed by atoms with Crippen LogP contribution in [0, 0.1) is 12.8 Å². The second-order valence-electron chi connectivity index (χ2n) is 28.0. The van der Waals surface area contributed by atoms with Gasteiger partial charge in [-0.2, -0.15) is 0 Å². The van der Waals surface area contributed by atoms with Crippen molar-refractivity contribution in [2.45, 2.75) is 191 Å². The summed E-state index contributed by atoms with van der Waals surface area (Å²) in [7, 11) is 2.00. The Balaban J connectivity index is 0.000000160. The number of fused-ring (bicyclic) bond motifs is 5. The number of carboxylic acids is 5. The van der Waals surface area contributed by atoms with Crippen molar-refractivity contribution in [3.8, 4) is 0 Å². The van der Waals surface area contributed by atoms with Gasteiger partial charge in [-0.15, -0.1) is 0 Å². The first-order chi connectivity index (χ1) is 47.6. The van der Waals surface area contributed by atoms with E-state index in [0.717, 1.165) is 109 Å². The minimum absolute atomic E-state index is 0.132. The molecule has 100 heavy (non-hydrogen) atoms. The average Bonchev–Trinajstić information content (AvgIpc) is 1.58. The van der Waals surface area contributed by atoms with Gasteiger partial charge in [-0.25, -0.2) is 29.0 Å². The molecule has 11 aromatic rings. The zero-order valence-electron chi connectivity index (χ0n) is 60.7. The van der Waals surface area contributed by atoms with E-state index in [2.05, 4.69) is 115 Å². The summed E-state index contributed by atoms with van der Waals surface area (Å²) < 4.78 is 14.0. The lowest BCUT2D eigenvalue weighted by Crippen LogP contribution is -2.10. The Bertz CT molecular complexity index is 4690. The van der Waals surface area contributed by atoms with Crippen molar-refractivity contribution in [3.05, 3.63) is 219 Å². The second kappa shape index (κ2) is 34.3. The Morgan fingerprint density at radius 2 is 1.06 bits per heavy atom. The molecule has 0 saturated heterocycles. The normalized spacial score (nSPS) is 12.4. The number of hydrogen-bond acceptors (Lipinski definition) is 7. The molecule has 5 N–H and O–H groups in total. The number of ether oxygens (including phenoxy) is 1. The van der Waals surface area contributed by atoms with E-state index < -0.39 is 29.8 Å². The number of para-hydroxylation sites is 2. The summed E-state index contributed by atoms with van der Waals surface area (Å²) in [6.07, 6.45) is 16.3. The van der Waals surface area contributed by atoms with Gasteiger partial charge in [-0.1, -0.05) is 182 Å². The van der Waals surface area contributed by atoms with Crippen LogP contribution in [0.2, 0.25) is 0 Å². The number of rotatable bonds is 20. The van der Waals surface area contributed by atoms with Crippen molar-refractivity contribution in [2.75, 3.05) is 6.61 Å². The Kier molecular flexibility index (Phi) is 26.1. The fourth-order valence-electron chi connectivity index (χ4n) is 13.8. The SMILES string of the molecule is CC(C)c1cccc2cc(C(=O)O)n(Cc3ccccc3)c12.CC(C)c1cn(CCC2CCCCC2)c2ccc(C(=O)O)cc12.CCCOCn1cc(C(C)C)c2cc(C(=O)O)ccc21.CCc1cc(C(=O)O)nc2c(C(C)C)cccc12.Cc1cc(C(=O)O)cc2c(C(C)C)cn(C)c12. The third kappa shape index (κ3) is 18.2. The molecule has 5 aromatic heterocycles. The first-order valence-corrected chi connectivity index (χ1v) is 35.3. The first kappa shape index (κ1) is 76.0. The number of benzene rings is 6. The smallest absolute Gasteiger partial charge is 0.354 e. The maximum absolute atomic E-state index is 11.6. The maximum Gasteiger partial charge on any atom is 0.354 e. The molecule has 12 rings (SSSR count). The molecule has 0 atom stereocenters. The second-order valence-corrected chi connectivity index (χ2v) is 28.0. The number of aromatic carboxylic acids is 5. The van der Waals surface area contributed by atoms with Crippen LogP contribution < -0.4 is 0 Å². The highest BCUT2D eigenvalue weighted by atomic mass is 16.5. The minimum Gasteiger partial charge on any atom is -0.478 e. The van der Waals surface area contributed by atoms with Crippen LogP contribution in [0.4, 0.5) is 0 Å². The van der Waals surface area contributed by atoms with Gasteiger partial charge in [0.15, 0.2) is 0 Å². The number of hydrogen-bond donors (Lipinski definition) is 5. The van der Waals surface area contributed by atoms with E-state index in [1.807, 2.05) is 109 Å². The Morgan fingerprint density at radius 1 is 0.520 bits per heavy atom. The van der Waals surface area contributed by atoms with Gasteiger partial charge in [0.2, 0.25) is 0 Å². The van der Waals surface area contributed by atoms with Crippen LogP contribution in [0.5, 0.6) is 0 Å². The molecule has 1 aliphatic rings. The Labute approximate surface area is 587 Å². The van der Waals surface area contributed by atoms with Crippen LogP contribution in [0.25, 0.3) is 54.5 Å². The van der Waals surface area contributed by atoms with Crippen molar-refractivity contribution >= 4 is 84.4 Å². The summed E-state index contributed by atoms with van der Waals surface area (Å²) in [4.78, 5) is 60.5. The summed E-state index contributed by atoms with van der Waals surface area (Å²) in [5, 5.41) is 51.4. The van der Waals surface area contributed by atoms with Gasteiger partial charge in [0, 0.05) is 77.8 Å². The van der Waals surface area contributed by atoms with E-state index in [4.69, 9.17) is 20.1 Å². The monoisotopic (exact) mass is 1360 g/mol. The number of carbonyl (C=O) groups is 5. The van der Waals surface area contributed by atoms with E-state index in [1.165, 1.54) is 60.7 Å². The van der Waals surface area contributed by atoms with E-state index in [9.17, 15) is 34.2 Å². The molecule has 16 nitrogen and oxygen atoms in total. The fourth-order valence-corrected chi connectivity index (χ4v) is 13.8. The van der Waals surface area contributed by atoms with E-state index in [-0.39, 0.29) is 5.69 Å². The first-order valence-electron chi connectivity index (χ1n) is 35.3. The van der Waals surface area contributed by atoms with Crippen LogP contribution in [0.15, 0.2) is 146 Å². The van der Waals surface area contributed by atoms with Crippen molar-refractivity contribution in [2.24, 2.45) is 13.0 Å². The van der Waals surface area contributed by atoms with Gasteiger partial charge in [0.25, 0.3) is 0 Å². The van der Waals surface area contributed by atoms with Crippen LogP contribution >= 0.6 is 0 Å². The zero-order chi connectivity index (χ0) is 72.8. The van der Waals surface area contributed by atoms with Crippen molar-refractivity contribution in [1.82, 2.24) is 23.3 Å². The third-order valence-corrected chi connectivity index (χ3v) is 19.0. The Morgan fingerprint density at radius 3 is 1.60 bits per heavy atom. The molecule has 1 aliphatic carbocycles. The van der Waals surface area contributed by atoms with Gasteiger partial charge in [-0.05, 0) is 167 Å². The summed E-state index contributed by atoms with van der Waals surface area (Å²) in [6, 6.07) is 39.8. The predicted molar refractivity (Wildman–Crippen MR) is 403 cm³/mol. The number of carboxylic acid groups (broad SMARTS) is 5. The summed E-state index contributed by atoms with van der Waals surface area (Å²) in [5.41, 5.74) is 15.8. The quantitative estimate of drug-likeness (QED) is 0.0449. The minimum atomic E-state index is -0.967. The fraction of sp³-hybridized carbons (Fsp3) is 0.381. The van der Waals surface area contributed by atoms with Crippen molar-refractivity contribution in [3.63, 3.8) is 0 Å². The van der Waals surface area contributed by atoms with Crippen molar-refractivity contribution in [1.29, 1.82) is 0 Å². The molecule has 1 saturated carbocycles. The summed E-state index contributed by atoms with van der Waals surface area (Å²) in [6.45, 7) is 30.2. The lowest BCUT2D eigenvalue weighted by Gasteiger charge is -2.21. The highest BCUT2D eigenvalue weighted by Gasteiger charge is 2.22. The zero-order valence-corrected chi connectivity index (χ0v) is 60.7. The topological polar surface area (TPSA) is 228 Å². The van der Waals surface area contributed by atoms with Crippen LogP contribution in [-0.2, 0) is 38.0 Å². The molecule has 0 aliphatic heterocycles. The molecule has 6 aromatic carbocycles. The Hall–Kier alpha value is -9.80. The predicted octanol–water partition coefficient (Wildman–Crippen LogP) is 20.7. The molecule has 0 unspecified atom stereocenters. The maximum atomic E-state index is 11.6. The molecule has 0 spiro atoms. The van der Waals surface area contributed by atoms with Crippen molar-refractivity contribution < 1.29 is 54.2 Å². The average molecular weight is 1360 g/mol. The van der Waals surface area contributed by atoms with E-state index >= 15 is 0 Å². The highest BCUT2D eigenvalue weighted by Crippen LogP contribution is 2.35. The van der Waals surface area contributed by atoms with Gasteiger partial charge in [0.1, 0.15) is 18.1 Å². The highest BCUT2D eigenvalue weighted by molar-refractivity contribution is 5.99. The molecule has 0 bridgehead atoms. The molecular formula is C84H101N5O11. The molecule has 0 radical (unpaired) electrons. The lowest BCUT2D eigenvalue weighted by molar-refractivity contribution is 0.0677. The van der Waals surface area contributed by atoms with Gasteiger partial charge >= 0.3 is 29.8 Å². The summed E-state index contributed by atoms with van der Waals surface area (Å²) >= 11 is 0. The standard InChI is InChI=1S/C20H27NO2.C19H19NO2.C16H21NO3.C15H17NO2.C14H17NO2/c1-14(2)18-13-21(11-10-15-6-4-3-5-7-15)19-9-8-16(20(22)23)12-17(18)19;1-13(2)16-10-6-9-15-11-17(19(21)22)20(18(15)16)12-14-7-4-3-5-8-14;1-4-7-20-10-17-9-14(11(2)3)13-8-12(16(18)19)5-6-15(13)17;1-4-10-8-13(15(17)18)16-14-11(9(2)3)6-5-7-12(10)14;1-8(2)12-7-15(4)13-9(3)5-10(14(16)17)6-11(12)13/h8-9,12-15H,3-7,10-11H2,1-2H3,(H,22,23);3-11,13H,12H2,1-2H3,(H,21,22);5-6,8-9,11H,4,7,10H2,1-3H3,(H,18,19);5-9H,4H2,1-3H3,(H,17,18);5-8H,1-4H3,(H,16,17). The molecular weight excluding hydrogens is 1250 g/mol. The number of pyridine rings is 1. The lowest BCUT2D eigenvalue weighted by atomic mass is 9.87. The number of aryl methyl sites for hydroxylation is 4. The number of nitrogens with zero attached hydrogens (tertiary/aromatic N) is 5.